The number of hydrogen-bond acceptors (Lipinski definition) is 2. The lowest BCUT2D eigenvalue weighted by molar-refractivity contribution is -0.137. The third kappa shape index (κ3) is 4.72. The van der Waals surface area contributed by atoms with E-state index in [4.69, 9.17) is 11.5 Å². The van der Waals surface area contributed by atoms with Crippen LogP contribution in [0.25, 0.3) is 0 Å². The number of urea groups is 1. The number of nitrogens with zero attached hydrogens (tertiary/aromatic N) is 1. The number of carbonyl (C=O) groups excluding carboxylic acids is 1. The zero-order chi connectivity index (χ0) is 14.3. The second kappa shape index (κ2) is 7.07. The van der Waals surface area contributed by atoms with E-state index in [1.807, 2.05) is 31.2 Å². The van der Waals surface area contributed by atoms with Gasteiger partial charge in [0.15, 0.2) is 0 Å². The molecule has 0 unspecified atom stereocenters. The average molecular weight is 260 g/mol. The lowest BCUT2D eigenvalue weighted by Gasteiger charge is -2.19. The van der Waals surface area contributed by atoms with Crippen LogP contribution in [0.5, 0.6) is 0 Å². The third-order valence-corrected chi connectivity index (χ3v) is 2.59. The number of amides is 2. The average Bonchev–Trinajstić information content (AvgIpc) is 2.36. The van der Waals surface area contributed by atoms with E-state index in [2.05, 4.69) is 11.2 Å². The highest BCUT2D eigenvalue weighted by Gasteiger charge is 2.15. The zero-order valence-corrected chi connectivity index (χ0v) is 10.7. The van der Waals surface area contributed by atoms with Crippen molar-refractivity contribution in [1.82, 2.24) is 10.2 Å². The molecular weight excluding hydrogens is 244 g/mol. The van der Waals surface area contributed by atoms with Gasteiger partial charge in [0, 0.05) is 6.54 Å². The summed E-state index contributed by atoms with van der Waals surface area (Å²) in [4.78, 5) is 23.5. The molecule has 0 saturated heterocycles. The summed E-state index contributed by atoms with van der Waals surface area (Å²) in [6, 6.07) is 7.15. The fraction of sp³-hybridized carbons (Fsp3) is 0.286. The van der Waals surface area contributed by atoms with Crippen molar-refractivity contribution in [1.29, 1.82) is 0 Å². The Bertz CT molecular complexity index is 506. The van der Waals surface area contributed by atoms with E-state index in [0.717, 1.165) is 16.0 Å². The summed E-state index contributed by atoms with van der Waals surface area (Å²) in [6.07, 6.45) is 5.11. The second-order valence-electron chi connectivity index (χ2n) is 4.04. The number of hydrogen-bond donors (Lipinski definition) is 2. The summed E-state index contributed by atoms with van der Waals surface area (Å²) in [6.45, 7) is 1.83. The molecule has 100 valence electrons. The molecule has 5 nitrogen and oxygen atoms in total. The van der Waals surface area contributed by atoms with Gasteiger partial charge in [-0.25, -0.2) is 4.79 Å². The Kier molecular flexibility index (Phi) is 5.42. The number of nitrogens with one attached hydrogen (secondary N) is 1. The first-order chi connectivity index (χ1) is 9.04. The van der Waals surface area contributed by atoms with Gasteiger partial charge in [-0.2, -0.15) is 0 Å². The minimum Gasteiger partial charge on any atom is -0.480 e. The van der Waals surface area contributed by atoms with Gasteiger partial charge in [-0.3, -0.25) is 4.79 Å². The van der Waals surface area contributed by atoms with E-state index >= 15 is 0 Å². The monoisotopic (exact) mass is 260 g/mol. The van der Waals surface area contributed by atoms with Gasteiger partial charge in [0.05, 0.1) is 6.54 Å². The summed E-state index contributed by atoms with van der Waals surface area (Å²) >= 11 is 0. The van der Waals surface area contributed by atoms with Crippen LogP contribution in [0.15, 0.2) is 24.3 Å². The van der Waals surface area contributed by atoms with Gasteiger partial charge in [0.2, 0.25) is 0 Å². The van der Waals surface area contributed by atoms with Crippen molar-refractivity contribution in [3.63, 3.8) is 0 Å². The quantitative estimate of drug-likeness (QED) is 0.782. The Morgan fingerprint density at radius 2 is 2.11 bits per heavy atom. The van der Waals surface area contributed by atoms with Crippen molar-refractivity contribution in [2.45, 2.75) is 13.5 Å². The van der Waals surface area contributed by atoms with Gasteiger partial charge in [0.25, 0.3) is 0 Å². The molecule has 0 saturated carbocycles. The van der Waals surface area contributed by atoms with Crippen molar-refractivity contribution in [2.75, 3.05) is 13.1 Å². The van der Waals surface area contributed by atoms with Crippen molar-refractivity contribution in [3.8, 4) is 12.3 Å². The maximum absolute atomic E-state index is 11.8. The topological polar surface area (TPSA) is 69.6 Å². The van der Waals surface area contributed by atoms with Crippen LogP contribution in [0, 0.1) is 19.3 Å². The third-order valence-electron chi connectivity index (χ3n) is 2.59. The second-order valence-corrected chi connectivity index (χ2v) is 4.04. The van der Waals surface area contributed by atoms with Gasteiger partial charge >= 0.3 is 12.0 Å². The Morgan fingerprint density at radius 1 is 1.42 bits per heavy atom. The highest BCUT2D eigenvalue weighted by molar-refractivity contribution is 5.80. The van der Waals surface area contributed by atoms with Gasteiger partial charge in [0.1, 0.15) is 6.54 Å². The molecule has 0 aliphatic carbocycles. The number of rotatable bonds is 5. The molecule has 1 aromatic rings. The van der Waals surface area contributed by atoms with Crippen molar-refractivity contribution in [3.05, 3.63) is 35.4 Å². The zero-order valence-electron chi connectivity index (χ0n) is 10.7. The number of aryl methyl sites for hydroxylation is 1. The Balaban J connectivity index is 2.60. The Labute approximate surface area is 112 Å². The summed E-state index contributed by atoms with van der Waals surface area (Å²) in [5.74, 6) is 1.17. The van der Waals surface area contributed by atoms with Crippen LogP contribution in [-0.4, -0.2) is 35.1 Å². The normalized spacial score (nSPS) is 9.47. The first-order valence-corrected chi connectivity index (χ1v) is 5.77. The van der Waals surface area contributed by atoms with Gasteiger partial charge in [-0.05, 0) is 18.1 Å². The van der Waals surface area contributed by atoms with Gasteiger partial charge in [-0.15, -0.1) is 6.42 Å². The minimum absolute atomic E-state index is 0.0358. The van der Waals surface area contributed by atoms with Crippen LogP contribution in [0.1, 0.15) is 11.1 Å². The molecule has 1 rings (SSSR count). The lowest BCUT2D eigenvalue weighted by Crippen LogP contribution is -2.42. The van der Waals surface area contributed by atoms with Gasteiger partial charge in [-0.1, -0.05) is 30.2 Å². The van der Waals surface area contributed by atoms with Gasteiger partial charge < -0.3 is 15.3 Å². The van der Waals surface area contributed by atoms with E-state index in [1.165, 1.54) is 0 Å². The molecule has 0 spiro atoms. The fourth-order valence-electron chi connectivity index (χ4n) is 1.56. The van der Waals surface area contributed by atoms with E-state index in [-0.39, 0.29) is 6.54 Å². The lowest BCUT2D eigenvalue weighted by atomic mass is 10.1. The first-order valence-electron chi connectivity index (χ1n) is 5.77. The highest BCUT2D eigenvalue weighted by atomic mass is 16.4. The maximum atomic E-state index is 11.8. The number of carbonyl (C=O) groups is 2. The molecule has 1 aromatic carbocycles. The van der Waals surface area contributed by atoms with Crippen LogP contribution in [0.2, 0.25) is 0 Å². The van der Waals surface area contributed by atoms with Crippen LogP contribution in [-0.2, 0) is 11.3 Å². The Hall–Kier alpha value is -2.48. The number of terminal acetylenes is 1. The number of carboxylic acids is 1. The number of carboxylic acid groups (broad SMARTS) is 1. The number of aliphatic carboxylic acids is 1. The molecule has 0 aromatic heterocycles. The smallest absolute Gasteiger partial charge is 0.323 e. The molecule has 5 heteroatoms. The predicted molar refractivity (Wildman–Crippen MR) is 71.5 cm³/mol. The number of benzene rings is 1. The molecule has 0 aliphatic rings. The fourth-order valence-corrected chi connectivity index (χ4v) is 1.56. The molecule has 0 atom stereocenters. The van der Waals surface area contributed by atoms with Crippen molar-refractivity contribution < 1.29 is 14.7 Å². The maximum Gasteiger partial charge on any atom is 0.323 e. The van der Waals surface area contributed by atoms with E-state index in [0.29, 0.717) is 6.54 Å². The molecule has 0 fully saturated rings. The van der Waals surface area contributed by atoms with Crippen LogP contribution in [0.4, 0.5) is 4.79 Å². The summed E-state index contributed by atoms with van der Waals surface area (Å²) in [5.41, 5.74) is 2.04. The van der Waals surface area contributed by atoms with Crippen LogP contribution < -0.4 is 5.32 Å². The van der Waals surface area contributed by atoms with E-state index in [1.54, 1.807) is 0 Å². The standard InChI is InChI=1S/C14H16N2O3/c1-3-8-16(10-13(17)18)14(19)15-9-12-7-5-4-6-11(12)2/h1,4-7H,8-10H2,2H3,(H,15,19)(H,17,18). The van der Waals surface area contributed by atoms with Crippen molar-refractivity contribution >= 4 is 12.0 Å². The molecule has 0 heterocycles. The highest BCUT2D eigenvalue weighted by Crippen LogP contribution is 2.06. The minimum atomic E-state index is -1.10. The van der Waals surface area contributed by atoms with Crippen LogP contribution in [0.3, 0.4) is 0 Å². The predicted octanol–water partition coefficient (Wildman–Crippen LogP) is 1.22. The molecule has 0 bridgehead atoms. The molecule has 0 aliphatic heterocycles. The van der Waals surface area contributed by atoms with Crippen molar-refractivity contribution in [2.24, 2.45) is 0 Å². The van der Waals surface area contributed by atoms with E-state index in [9.17, 15) is 9.59 Å². The van der Waals surface area contributed by atoms with E-state index < -0.39 is 18.5 Å². The summed E-state index contributed by atoms with van der Waals surface area (Å²) < 4.78 is 0. The molecular formula is C14H16N2O3. The molecule has 2 amide bonds. The summed E-state index contributed by atoms with van der Waals surface area (Å²) in [7, 11) is 0. The van der Waals surface area contributed by atoms with Crippen LogP contribution >= 0.6 is 0 Å². The molecule has 19 heavy (non-hydrogen) atoms. The molecule has 2 N–H and O–H groups in total. The largest absolute Gasteiger partial charge is 0.480 e. The first kappa shape index (κ1) is 14.6. The Morgan fingerprint density at radius 3 is 2.68 bits per heavy atom. The summed E-state index contributed by atoms with van der Waals surface area (Å²) in [5, 5.41) is 11.4. The SMILES string of the molecule is C#CCN(CC(=O)O)C(=O)NCc1ccccc1C. The molecule has 0 radical (unpaired) electrons.